The third-order valence-electron chi connectivity index (χ3n) is 4.95. The van der Waals surface area contributed by atoms with Gasteiger partial charge in [-0.05, 0) is 31.1 Å². The molecule has 0 aromatic heterocycles. The number of carboxylic acid groups (broad SMARTS) is 1. The second-order valence-electron chi connectivity index (χ2n) is 6.63. The zero-order valence-electron chi connectivity index (χ0n) is 14.8. The zero-order chi connectivity index (χ0) is 19.2. The Bertz CT molecular complexity index is 887. The van der Waals surface area contributed by atoms with Gasteiger partial charge in [-0.1, -0.05) is 24.6 Å². The van der Waals surface area contributed by atoms with E-state index in [4.69, 9.17) is 4.18 Å². The lowest BCUT2D eigenvalue weighted by Crippen LogP contribution is -2.32. The van der Waals surface area contributed by atoms with E-state index in [1.807, 2.05) is 13.8 Å². The summed E-state index contributed by atoms with van der Waals surface area (Å²) in [6.45, 7) is 5.06. The molecule has 1 aliphatic heterocycles. The Morgan fingerprint density at radius 1 is 1.27 bits per heavy atom. The standard InChI is InChI=1S/C18H21NO6S/c1-4-13-14(18(21)22)9-15(17-16(13)19(17)11(3)20)25-26(23,24)12-7-5-10(2)6-8-12/h5-8,15-17H,4,9H2,1-3H3,(H,21,22)/t15-,16+,17+,19?/m1/s1. The van der Waals surface area contributed by atoms with Crippen LogP contribution in [0.25, 0.3) is 0 Å². The highest BCUT2D eigenvalue weighted by molar-refractivity contribution is 7.86. The molecule has 1 heterocycles. The molecule has 1 aromatic rings. The lowest BCUT2D eigenvalue weighted by molar-refractivity contribution is -0.133. The van der Waals surface area contributed by atoms with Crippen LogP contribution >= 0.6 is 0 Å². The van der Waals surface area contributed by atoms with Crippen molar-refractivity contribution in [2.75, 3.05) is 0 Å². The summed E-state index contributed by atoms with van der Waals surface area (Å²) in [7, 11) is -4.06. The molecule has 1 aromatic carbocycles. The summed E-state index contributed by atoms with van der Waals surface area (Å²) in [4.78, 5) is 25.0. The van der Waals surface area contributed by atoms with Crippen molar-refractivity contribution in [2.45, 2.75) is 56.7 Å². The molecule has 1 N–H and O–H groups in total. The minimum absolute atomic E-state index is 0.0109. The van der Waals surface area contributed by atoms with Crippen molar-refractivity contribution in [2.24, 2.45) is 0 Å². The SMILES string of the molecule is CCC1=C(C(=O)O)C[C@@H](OS(=O)(=O)c2ccc(C)cc2)[C@H]2[C@H]1N2C(C)=O. The molecule has 0 spiro atoms. The van der Waals surface area contributed by atoms with Crippen LogP contribution in [0.5, 0.6) is 0 Å². The van der Waals surface area contributed by atoms with E-state index >= 15 is 0 Å². The fourth-order valence-corrected chi connectivity index (χ4v) is 4.79. The van der Waals surface area contributed by atoms with Gasteiger partial charge in [0.05, 0.1) is 17.0 Å². The first-order valence-electron chi connectivity index (χ1n) is 8.41. The third kappa shape index (κ3) is 3.14. The minimum atomic E-state index is -4.06. The van der Waals surface area contributed by atoms with Crippen molar-refractivity contribution in [3.63, 3.8) is 0 Å². The predicted octanol–water partition coefficient (Wildman–Crippen LogP) is 1.86. The quantitative estimate of drug-likeness (QED) is 0.619. The molecule has 1 aliphatic carbocycles. The van der Waals surface area contributed by atoms with Crippen molar-refractivity contribution in [3.8, 4) is 0 Å². The summed E-state index contributed by atoms with van der Waals surface area (Å²) in [6.07, 6.45) is -0.463. The molecule has 26 heavy (non-hydrogen) atoms. The highest BCUT2D eigenvalue weighted by atomic mass is 32.2. The van der Waals surface area contributed by atoms with Crippen LogP contribution in [0.4, 0.5) is 0 Å². The summed E-state index contributed by atoms with van der Waals surface area (Å²) < 4.78 is 30.6. The second kappa shape index (κ2) is 6.51. The summed E-state index contributed by atoms with van der Waals surface area (Å²) >= 11 is 0. The van der Waals surface area contributed by atoms with Crippen molar-refractivity contribution in [3.05, 3.63) is 41.0 Å². The van der Waals surface area contributed by atoms with Gasteiger partial charge in [0.1, 0.15) is 6.10 Å². The summed E-state index contributed by atoms with van der Waals surface area (Å²) in [5, 5.41) is 9.50. The topological polar surface area (TPSA) is 101 Å². The maximum Gasteiger partial charge on any atom is 0.331 e. The highest BCUT2D eigenvalue weighted by Gasteiger charge is 2.60. The van der Waals surface area contributed by atoms with E-state index in [-0.39, 0.29) is 22.8 Å². The number of fused-ring (bicyclic) bond motifs is 1. The smallest absolute Gasteiger partial charge is 0.331 e. The van der Waals surface area contributed by atoms with E-state index in [0.29, 0.717) is 12.0 Å². The molecular formula is C18H21NO6S. The average molecular weight is 379 g/mol. The molecule has 0 radical (unpaired) electrons. The monoisotopic (exact) mass is 379 g/mol. The number of nitrogens with zero attached hydrogens (tertiary/aromatic N) is 1. The normalized spacial score (nSPS) is 25.0. The predicted molar refractivity (Wildman–Crippen MR) is 92.9 cm³/mol. The van der Waals surface area contributed by atoms with E-state index in [1.54, 1.807) is 12.1 Å². The van der Waals surface area contributed by atoms with Crippen molar-refractivity contribution < 1.29 is 27.3 Å². The average Bonchev–Trinajstić information content (AvgIpc) is 3.30. The number of carbonyl (C=O) groups excluding carboxylic acids is 1. The van der Waals surface area contributed by atoms with Crippen LogP contribution in [0.15, 0.2) is 40.3 Å². The largest absolute Gasteiger partial charge is 0.478 e. The van der Waals surface area contributed by atoms with Crippen LogP contribution < -0.4 is 0 Å². The number of hydrogen-bond donors (Lipinski definition) is 1. The van der Waals surface area contributed by atoms with Crippen molar-refractivity contribution in [1.82, 2.24) is 4.90 Å². The summed E-state index contributed by atoms with van der Waals surface area (Å²) in [5.41, 5.74) is 1.72. The van der Waals surface area contributed by atoms with Crippen molar-refractivity contribution >= 4 is 22.0 Å². The Balaban J connectivity index is 1.93. The van der Waals surface area contributed by atoms with Gasteiger partial charge in [0.25, 0.3) is 10.1 Å². The minimum Gasteiger partial charge on any atom is -0.478 e. The Hall–Kier alpha value is -2.19. The molecule has 1 saturated heterocycles. The fraction of sp³-hybridized carbons (Fsp3) is 0.444. The van der Waals surface area contributed by atoms with E-state index < -0.39 is 34.3 Å². The van der Waals surface area contributed by atoms with Gasteiger partial charge < -0.3 is 10.0 Å². The number of aliphatic carboxylic acids is 1. The zero-order valence-corrected chi connectivity index (χ0v) is 15.6. The number of carboxylic acids is 1. The van der Waals surface area contributed by atoms with Gasteiger partial charge >= 0.3 is 5.97 Å². The lowest BCUT2D eigenvalue weighted by atomic mass is 9.88. The van der Waals surface area contributed by atoms with Crippen LogP contribution in [0.1, 0.15) is 32.3 Å². The number of aryl methyl sites for hydroxylation is 1. The maximum absolute atomic E-state index is 12.6. The molecule has 0 unspecified atom stereocenters. The second-order valence-corrected chi connectivity index (χ2v) is 8.20. The Morgan fingerprint density at radius 2 is 1.88 bits per heavy atom. The van der Waals surface area contributed by atoms with Crippen LogP contribution in [0.2, 0.25) is 0 Å². The number of rotatable bonds is 5. The number of hydrogen-bond acceptors (Lipinski definition) is 5. The molecule has 3 rings (SSSR count). The van der Waals surface area contributed by atoms with Crippen LogP contribution in [0.3, 0.4) is 0 Å². The van der Waals surface area contributed by atoms with Gasteiger partial charge in [-0.25, -0.2) is 4.79 Å². The van der Waals surface area contributed by atoms with E-state index in [9.17, 15) is 23.1 Å². The molecular weight excluding hydrogens is 358 g/mol. The summed E-state index contributed by atoms with van der Waals surface area (Å²) in [6, 6.07) is 5.40. The first-order chi connectivity index (χ1) is 12.2. The lowest BCUT2D eigenvalue weighted by Gasteiger charge is -2.22. The first kappa shape index (κ1) is 18.6. The van der Waals surface area contributed by atoms with Crippen LogP contribution in [-0.4, -0.2) is 48.5 Å². The van der Waals surface area contributed by atoms with Gasteiger partial charge in [0.15, 0.2) is 0 Å². The molecule has 1 fully saturated rings. The van der Waals surface area contributed by atoms with Gasteiger partial charge in [-0.2, -0.15) is 8.42 Å². The van der Waals surface area contributed by atoms with Gasteiger partial charge in [-0.3, -0.25) is 8.98 Å². The third-order valence-corrected chi connectivity index (χ3v) is 6.30. The van der Waals surface area contributed by atoms with Gasteiger partial charge in [0.2, 0.25) is 5.91 Å². The Morgan fingerprint density at radius 3 is 2.38 bits per heavy atom. The molecule has 3 atom stereocenters. The highest BCUT2D eigenvalue weighted by Crippen LogP contribution is 2.47. The molecule has 7 nitrogen and oxygen atoms in total. The molecule has 2 aliphatic rings. The Labute approximate surface area is 152 Å². The molecule has 0 bridgehead atoms. The van der Waals surface area contributed by atoms with Crippen LogP contribution in [-0.2, 0) is 23.9 Å². The van der Waals surface area contributed by atoms with E-state index in [1.165, 1.54) is 24.0 Å². The maximum atomic E-state index is 12.6. The first-order valence-corrected chi connectivity index (χ1v) is 9.82. The van der Waals surface area contributed by atoms with Gasteiger partial charge in [0, 0.05) is 18.9 Å². The van der Waals surface area contributed by atoms with Crippen molar-refractivity contribution in [1.29, 1.82) is 0 Å². The van der Waals surface area contributed by atoms with E-state index in [0.717, 1.165) is 5.56 Å². The molecule has 140 valence electrons. The fourth-order valence-electron chi connectivity index (χ4n) is 3.70. The molecule has 1 amide bonds. The summed E-state index contributed by atoms with van der Waals surface area (Å²) in [5.74, 6) is -1.32. The molecule has 0 saturated carbocycles. The Kier molecular flexibility index (Phi) is 4.66. The number of benzene rings is 1. The van der Waals surface area contributed by atoms with E-state index in [2.05, 4.69) is 0 Å². The number of carbonyl (C=O) groups is 2. The van der Waals surface area contributed by atoms with Gasteiger partial charge in [-0.15, -0.1) is 0 Å². The molecule has 8 heteroatoms. The van der Waals surface area contributed by atoms with Crippen LogP contribution in [0, 0.1) is 6.92 Å². The number of amides is 1.